The molecule has 0 radical (unpaired) electrons. The van der Waals surface area contributed by atoms with Gasteiger partial charge < -0.3 is 15.7 Å². The largest absolute Gasteiger partial charge is 0.387 e. The van der Waals surface area contributed by atoms with E-state index in [1.807, 2.05) is 6.92 Å². The lowest BCUT2D eigenvalue weighted by atomic mass is 9.76. The van der Waals surface area contributed by atoms with Crippen LogP contribution in [0.5, 0.6) is 0 Å². The fraction of sp³-hybridized carbons (Fsp3) is 0.526. The van der Waals surface area contributed by atoms with E-state index in [0.717, 1.165) is 0 Å². The summed E-state index contributed by atoms with van der Waals surface area (Å²) in [6.45, 7) is 5.20. The van der Waals surface area contributed by atoms with E-state index in [-0.39, 0.29) is 11.9 Å². The van der Waals surface area contributed by atoms with E-state index in [0.29, 0.717) is 17.7 Å². The second kappa shape index (κ2) is 5.84. The molecule has 27 heavy (non-hydrogen) atoms. The van der Waals surface area contributed by atoms with E-state index >= 15 is 0 Å². The molecular weight excluding hydrogens is 353 g/mol. The molecule has 1 spiro atoms. The molecule has 4 rings (SSSR count). The van der Waals surface area contributed by atoms with Crippen molar-refractivity contribution in [3.8, 4) is 0 Å². The number of aliphatic hydroxyl groups excluding tert-OH is 1. The Kier molecular flexibility index (Phi) is 3.91. The number of fused-ring (bicyclic) bond motifs is 4. The Morgan fingerprint density at radius 2 is 2.00 bits per heavy atom. The highest BCUT2D eigenvalue weighted by atomic mass is 19.1. The van der Waals surface area contributed by atoms with Gasteiger partial charge in [-0.15, -0.1) is 0 Å². The lowest BCUT2D eigenvalue weighted by molar-refractivity contribution is -0.738. The van der Waals surface area contributed by atoms with Gasteiger partial charge in [0.15, 0.2) is 0 Å². The standard InChI is InChI=1S/C19H22FN3O4/c1-4-8(2)23-16(25)13-14(17(23)26)19(22-15(13)9(3)24)11-7-10(20)5-6-12(11)21-18(19)27/h5-9,13-15,22,24H,4H2,1-3H3,(H,21,27)/p+1/t8-,9+,13-,14-,15-,19-/m0/s1. The molecule has 2 fully saturated rings. The fourth-order valence-corrected chi connectivity index (χ4v) is 4.94. The number of benzene rings is 1. The Hall–Kier alpha value is -2.32. The number of imide groups is 1. The van der Waals surface area contributed by atoms with Gasteiger partial charge in [-0.05, 0) is 38.5 Å². The molecule has 7 nitrogen and oxygen atoms in total. The maximum Gasteiger partial charge on any atom is 0.291 e. The van der Waals surface area contributed by atoms with Crippen LogP contribution < -0.4 is 10.6 Å². The highest BCUT2D eigenvalue weighted by Gasteiger charge is 2.75. The number of carbonyl (C=O) groups is 3. The predicted octanol–water partition coefficient (Wildman–Crippen LogP) is -0.301. The summed E-state index contributed by atoms with van der Waals surface area (Å²) in [5.74, 6) is -3.56. The number of nitrogens with one attached hydrogen (secondary N) is 1. The van der Waals surface area contributed by atoms with Crippen molar-refractivity contribution in [3.63, 3.8) is 0 Å². The van der Waals surface area contributed by atoms with E-state index in [1.54, 1.807) is 19.2 Å². The van der Waals surface area contributed by atoms with Gasteiger partial charge in [0, 0.05) is 11.6 Å². The van der Waals surface area contributed by atoms with Crippen LogP contribution in [-0.4, -0.2) is 45.9 Å². The van der Waals surface area contributed by atoms with Gasteiger partial charge in [0.05, 0.1) is 5.69 Å². The average molecular weight is 376 g/mol. The summed E-state index contributed by atoms with van der Waals surface area (Å²) in [5, 5.41) is 14.6. The van der Waals surface area contributed by atoms with E-state index in [4.69, 9.17) is 0 Å². The fourth-order valence-electron chi connectivity index (χ4n) is 4.94. The zero-order valence-electron chi connectivity index (χ0n) is 15.4. The van der Waals surface area contributed by atoms with Crippen molar-refractivity contribution < 1.29 is 29.2 Å². The van der Waals surface area contributed by atoms with Gasteiger partial charge in [0.2, 0.25) is 17.4 Å². The van der Waals surface area contributed by atoms with Crippen LogP contribution in [0, 0.1) is 17.7 Å². The van der Waals surface area contributed by atoms with Crippen molar-refractivity contribution in [3.05, 3.63) is 29.6 Å². The molecule has 2 saturated heterocycles. The van der Waals surface area contributed by atoms with Crippen molar-refractivity contribution in [2.75, 3.05) is 5.32 Å². The number of anilines is 1. The highest BCUT2D eigenvalue weighted by Crippen LogP contribution is 2.49. The summed E-state index contributed by atoms with van der Waals surface area (Å²) in [6, 6.07) is 2.97. The number of likely N-dealkylation sites (tertiary alicyclic amines) is 1. The summed E-state index contributed by atoms with van der Waals surface area (Å²) in [6.07, 6.45) is -0.333. The molecule has 0 saturated carbocycles. The van der Waals surface area contributed by atoms with Gasteiger partial charge >= 0.3 is 0 Å². The first-order chi connectivity index (χ1) is 12.7. The third kappa shape index (κ3) is 2.17. The van der Waals surface area contributed by atoms with Gasteiger partial charge in [-0.2, -0.15) is 0 Å². The van der Waals surface area contributed by atoms with Crippen LogP contribution in [0.4, 0.5) is 10.1 Å². The summed E-state index contributed by atoms with van der Waals surface area (Å²) >= 11 is 0. The first-order valence-corrected chi connectivity index (χ1v) is 9.26. The maximum absolute atomic E-state index is 14.0. The smallest absolute Gasteiger partial charge is 0.291 e. The summed E-state index contributed by atoms with van der Waals surface area (Å²) in [7, 11) is 0. The highest BCUT2D eigenvalue weighted by molar-refractivity contribution is 6.14. The molecule has 4 N–H and O–H groups in total. The third-order valence-electron chi connectivity index (χ3n) is 6.39. The van der Waals surface area contributed by atoms with Gasteiger partial charge in [0.1, 0.15) is 29.8 Å². The van der Waals surface area contributed by atoms with Gasteiger partial charge in [-0.3, -0.25) is 19.3 Å². The maximum atomic E-state index is 14.0. The third-order valence-corrected chi connectivity index (χ3v) is 6.39. The van der Waals surface area contributed by atoms with E-state index in [1.165, 1.54) is 23.1 Å². The van der Waals surface area contributed by atoms with E-state index < -0.39 is 47.2 Å². The zero-order chi connectivity index (χ0) is 19.7. The lowest BCUT2D eigenvalue weighted by Crippen LogP contribution is -3.00. The van der Waals surface area contributed by atoms with Gasteiger partial charge in [0.25, 0.3) is 5.91 Å². The topological polar surface area (TPSA) is 103 Å². The molecule has 1 aromatic rings. The van der Waals surface area contributed by atoms with Crippen LogP contribution in [-0.2, 0) is 19.9 Å². The Balaban J connectivity index is 1.92. The minimum absolute atomic E-state index is 0.307. The van der Waals surface area contributed by atoms with E-state index in [9.17, 15) is 23.9 Å². The minimum Gasteiger partial charge on any atom is -0.387 e. The molecular formula is C19H23FN3O4+. The van der Waals surface area contributed by atoms with Crippen molar-refractivity contribution in [2.24, 2.45) is 11.8 Å². The predicted molar refractivity (Wildman–Crippen MR) is 92.7 cm³/mol. The van der Waals surface area contributed by atoms with Crippen LogP contribution >= 0.6 is 0 Å². The lowest BCUT2D eigenvalue weighted by Gasteiger charge is -2.29. The number of quaternary nitrogens is 1. The number of amides is 3. The number of nitrogens with two attached hydrogens (primary N) is 1. The zero-order valence-corrected chi connectivity index (χ0v) is 15.4. The second-order valence-corrected chi connectivity index (χ2v) is 7.80. The molecule has 144 valence electrons. The monoisotopic (exact) mass is 376 g/mol. The minimum atomic E-state index is -1.45. The van der Waals surface area contributed by atoms with Crippen LogP contribution in [0.1, 0.15) is 32.8 Å². The Morgan fingerprint density at radius 3 is 2.63 bits per heavy atom. The molecule has 0 aliphatic carbocycles. The molecule has 3 aliphatic rings. The van der Waals surface area contributed by atoms with Crippen molar-refractivity contribution in [1.29, 1.82) is 0 Å². The number of aliphatic hydroxyl groups is 1. The molecule has 0 aromatic heterocycles. The normalized spacial score (nSPS) is 34.0. The van der Waals surface area contributed by atoms with Crippen molar-refractivity contribution >= 4 is 23.4 Å². The van der Waals surface area contributed by atoms with Crippen molar-refractivity contribution in [1.82, 2.24) is 4.90 Å². The number of carbonyl (C=O) groups excluding carboxylic acids is 3. The first kappa shape index (κ1) is 18.1. The second-order valence-electron chi connectivity index (χ2n) is 7.80. The first-order valence-electron chi connectivity index (χ1n) is 9.26. The number of hydrogen-bond donors (Lipinski definition) is 3. The molecule has 0 bridgehead atoms. The number of halogens is 1. The van der Waals surface area contributed by atoms with Gasteiger partial charge in [-0.25, -0.2) is 4.39 Å². The molecule has 3 heterocycles. The quantitative estimate of drug-likeness (QED) is 0.630. The van der Waals surface area contributed by atoms with Crippen LogP contribution in [0.2, 0.25) is 0 Å². The van der Waals surface area contributed by atoms with Crippen LogP contribution in [0.15, 0.2) is 18.2 Å². The van der Waals surface area contributed by atoms with Crippen LogP contribution in [0.3, 0.4) is 0 Å². The number of nitrogens with zero attached hydrogens (tertiary/aromatic N) is 1. The Labute approximate surface area is 155 Å². The Morgan fingerprint density at radius 1 is 1.30 bits per heavy atom. The molecule has 6 atom stereocenters. The summed E-state index contributed by atoms with van der Waals surface area (Å²) in [4.78, 5) is 40.7. The molecule has 3 aliphatic heterocycles. The average Bonchev–Trinajstić information content (AvgIpc) is 3.20. The number of rotatable bonds is 3. The van der Waals surface area contributed by atoms with E-state index in [2.05, 4.69) is 5.32 Å². The van der Waals surface area contributed by atoms with Crippen LogP contribution in [0.25, 0.3) is 0 Å². The number of hydrogen-bond acceptors (Lipinski definition) is 4. The molecule has 8 heteroatoms. The SMILES string of the molecule is CC[C@H](C)N1C(=O)[C@@H]2[C@H]([C@@H](C)O)[NH2+][C@]3(C(=O)Nc4ccc(F)cc43)[C@@H]2C1=O. The molecule has 1 aromatic carbocycles. The van der Waals surface area contributed by atoms with Gasteiger partial charge in [-0.1, -0.05) is 6.92 Å². The van der Waals surface area contributed by atoms with Crippen molar-refractivity contribution in [2.45, 2.75) is 50.9 Å². The summed E-state index contributed by atoms with van der Waals surface area (Å²) < 4.78 is 14.0. The molecule has 3 amide bonds. The Bertz CT molecular complexity index is 857. The summed E-state index contributed by atoms with van der Waals surface area (Å²) in [5.41, 5.74) is -0.652. The molecule has 0 unspecified atom stereocenters.